The normalized spacial score (nSPS) is 20.6. The molecule has 2 N–H and O–H groups in total. The van der Waals surface area contributed by atoms with Gasteiger partial charge in [0.15, 0.2) is 0 Å². The highest BCUT2D eigenvalue weighted by Gasteiger charge is 2.25. The van der Waals surface area contributed by atoms with Crippen LogP contribution in [0.3, 0.4) is 0 Å². The van der Waals surface area contributed by atoms with Gasteiger partial charge in [-0.1, -0.05) is 26.7 Å². The monoisotopic (exact) mass is 388 g/mol. The molecule has 3 rings (SSSR count). The third-order valence-corrected chi connectivity index (χ3v) is 6.02. The fourth-order valence-corrected chi connectivity index (χ4v) is 4.33. The summed E-state index contributed by atoms with van der Waals surface area (Å²) in [6.07, 6.45) is 10.6. The Hall–Kier alpha value is -1.89. The van der Waals surface area contributed by atoms with Crippen LogP contribution in [0.1, 0.15) is 52.4 Å². The number of likely N-dealkylation sites (tertiary alicyclic amines) is 1. The number of piperidine rings is 1. The van der Waals surface area contributed by atoms with Crippen molar-refractivity contribution in [1.29, 1.82) is 0 Å². The Morgan fingerprint density at radius 2 is 1.71 bits per heavy atom. The standard InChI is InChI=1S/C21H36N6O/c1-17(2)19(26-12-5-3-4-6-13-26)16-24-21(28)25-18-8-14-27(15-9-18)20-22-10-7-11-23-20/h7,10-11,17-19H,3-6,8-9,12-16H2,1-2H3,(H2,24,25,28). The van der Waals surface area contributed by atoms with Crippen LogP contribution < -0.4 is 15.5 Å². The molecule has 0 aliphatic carbocycles. The Labute approximate surface area is 169 Å². The molecule has 156 valence electrons. The van der Waals surface area contributed by atoms with Gasteiger partial charge in [0.25, 0.3) is 0 Å². The molecule has 2 amide bonds. The molecule has 2 aliphatic rings. The maximum Gasteiger partial charge on any atom is 0.315 e. The lowest BCUT2D eigenvalue weighted by atomic mass is 10.0. The fourth-order valence-electron chi connectivity index (χ4n) is 4.33. The first-order chi connectivity index (χ1) is 13.6. The van der Waals surface area contributed by atoms with Crippen molar-refractivity contribution in [3.05, 3.63) is 18.5 Å². The van der Waals surface area contributed by atoms with E-state index in [-0.39, 0.29) is 12.1 Å². The number of amides is 2. The minimum absolute atomic E-state index is 0.0325. The van der Waals surface area contributed by atoms with E-state index in [4.69, 9.17) is 0 Å². The van der Waals surface area contributed by atoms with Crippen molar-refractivity contribution in [2.45, 2.75) is 64.5 Å². The van der Waals surface area contributed by atoms with E-state index in [9.17, 15) is 4.79 Å². The molecular formula is C21H36N6O. The van der Waals surface area contributed by atoms with E-state index < -0.39 is 0 Å². The SMILES string of the molecule is CC(C)C(CNC(=O)NC1CCN(c2ncccn2)CC1)N1CCCCCC1. The minimum Gasteiger partial charge on any atom is -0.341 e. The molecular weight excluding hydrogens is 352 g/mol. The highest BCUT2D eigenvalue weighted by atomic mass is 16.2. The summed E-state index contributed by atoms with van der Waals surface area (Å²) >= 11 is 0. The highest BCUT2D eigenvalue weighted by Crippen LogP contribution is 2.17. The Morgan fingerprint density at radius 1 is 1.07 bits per heavy atom. The van der Waals surface area contributed by atoms with E-state index >= 15 is 0 Å². The Bertz CT molecular complexity index is 580. The first-order valence-corrected chi connectivity index (χ1v) is 10.9. The van der Waals surface area contributed by atoms with Crippen LogP contribution >= 0.6 is 0 Å². The van der Waals surface area contributed by atoms with E-state index in [1.54, 1.807) is 12.4 Å². The Morgan fingerprint density at radius 3 is 2.32 bits per heavy atom. The van der Waals surface area contributed by atoms with E-state index in [1.807, 2.05) is 6.07 Å². The summed E-state index contributed by atoms with van der Waals surface area (Å²) < 4.78 is 0. The fraction of sp³-hybridized carbons (Fsp3) is 0.762. The van der Waals surface area contributed by atoms with Crippen LogP contribution in [0.2, 0.25) is 0 Å². The lowest BCUT2D eigenvalue weighted by Gasteiger charge is -2.34. The second kappa shape index (κ2) is 10.6. The molecule has 1 aromatic heterocycles. The zero-order chi connectivity index (χ0) is 19.8. The molecule has 2 aliphatic heterocycles. The van der Waals surface area contributed by atoms with Gasteiger partial charge in [0.05, 0.1) is 0 Å². The maximum atomic E-state index is 12.5. The molecule has 1 aromatic rings. The van der Waals surface area contributed by atoms with Crippen molar-refractivity contribution >= 4 is 12.0 Å². The summed E-state index contributed by atoms with van der Waals surface area (Å²) in [7, 11) is 0. The van der Waals surface area contributed by atoms with Crippen molar-refractivity contribution in [3.63, 3.8) is 0 Å². The largest absolute Gasteiger partial charge is 0.341 e. The molecule has 0 radical (unpaired) electrons. The average molecular weight is 389 g/mol. The third-order valence-electron chi connectivity index (χ3n) is 6.02. The smallest absolute Gasteiger partial charge is 0.315 e. The van der Waals surface area contributed by atoms with Gasteiger partial charge < -0.3 is 15.5 Å². The van der Waals surface area contributed by atoms with Crippen LogP contribution in [0.15, 0.2) is 18.5 Å². The molecule has 0 saturated carbocycles. The number of aromatic nitrogens is 2. The molecule has 28 heavy (non-hydrogen) atoms. The highest BCUT2D eigenvalue weighted by molar-refractivity contribution is 5.74. The molecule has 2 fully saturated rings. The zero-order valence-corrected chi connectivity index (χ0v) is 17.4. The maximum absolute atomic E-state index is 12.5. The first-order valence-electron chi connectivity index (χ1n) is 10.9. The topological polar surface area (TPSA) is 73.4 Å². The predicted molar refractivity (Wildman–Crippen MR) is 112 cm³/mol. The van der Waals surface area contributed by atoms with Gasteiger partial charge in [-0.2, -0.15) is 0 Å². The number of rotatable bonds is 6. The van der Waals surface area contributed by atoms with Crippen molar-refractivity contribution < 1.29 is 4.79 Å². The lowest BCUT2D eigenvalue weighted by Crippen LogP contribution is -2.52. The van der Waals surface area contributed by atoms with Crippen LogP contribution in [-0.2, 0) is 0 Å². The van der Waals surface area contributed by atoms with Gasteiger partial charge in [0, 0.05) is 44.1 Å². The van der Waals surface area contributed by atoms with Crippen LogP contribution in [0, 0.1) is 5.92 Å². The Balaban J connectivity index is 1.41. The van der Waals surface area contributed by atoms with Gasteiger partial charge in [-0.3, -0.25) is 4.90 Å². The third kappa shape index (κ3) is 6.06. The molecule has 7 nitrogen and oxygen atoms in total. The van der Waals surface area contributed by atoms with Gasteiger partial charge in [0.2, 0.25) is 5.95 Å². The number of hydrogen-bond donors (Lipinski definition) is 2. The second-order valence-corrected chi connectivity index (χ2v) is 8.43. The number of urea groups is 1. The number of nitrogens with zero attached hydrogens (tertiary/aromatic N) is 4. The van der Waals surface area contributed by atoms with E-state index in [0.717, 1.165) is 51.5 Å². The molecule has 1 atom stereocenters. The van der Waals surface area contributed by atoms with Crippen molar-refractivity contribution in [2.75, 3.05) is 37.6 Å². The number of carbonyl (C=O) groups excluding carboxylic acids is 1. The number of carbonyl (C=O) groups is 1. The average Bonchev–Trinajstić information content (AvgIpc) is 2.98. The van der Waals surface area contributed by atoms with Crippen molar-refractivity contribution in [1.82, 2.24) is 25.5 Å². The molecule has 0 bridgehead atoms. The summed E-state index contributed by atoms with van der Waals surface area (Å²) in [5, 5.41) is 6.31. The summed E-state index contributed by atoms with van der Waals surface area (Å²) in [6.45, 7) is 9.31. The zero-order valence-electron chi connectivity index (χ0n) is 17.4. The predicted octanol–water partition coefficient (Wildman–Crippen LogP) is 2.65. The van der Waals surface area contributed by atoms with Gasteiger partial charge in [-0.15, -0.1) is 0 Å². The summed E-state index contributed by atoms with van der Waals surface area (Å²) in [5.74, 6) is 1.31. The molecule has 3 heterocycles. The number of hydrogen-bond acceptors (Lipinski definition) is 5. The molecule has 0 spiro atoms. The summed E-state index contributed by atoms with van der Waals surface area (Å²) in [4.78, 5) is 25.9. The van der Waals surface area contributed by atoms with Gasteiger partial charge in [0.1, 0.15) is 0 Å². The quantitative estimate of drug-likeness (QED) is 0.784. The lowest BCUT2D eigenvalue weighted by molar-refractivity contribution is 0.156. The summed E-state index contributed by atoms with van der Waals surface area (Å²) in [6, 6.07) is 2.43. The van der Waals surface area contributed by atoms with Gasteiger partial charge in [-0.25, -0.2) is 14.8 Å². The van der Waals surface area contributed by atoms with Gasteiger partial charge in [-0.05, 0) is 50.8 Å². The van der Waals surface area contributed by atoms with Crippen LogP contribution in [0.25, 0.3) is 0 Å². The van der Waals surface area contributed by atoms with E-state index in [0.29, 0.717) is 12.0 Å². The van der Waals surface area contributed by atoms with E-state index in [2.05, 4.69) is 44.2 Å². The van der Waals surface area contributed by atoms with Crippen LogP contribution in [0.4, 0.5) is 10.7 Å². The molecule has 2 saturated heterocycles. The van der Waals surface area contributed by atoms with Crippen LogP contribution in [-0.4, -0.2) is 65.7 Å². The van der Waals surface area contributed by atoms with Gasteiger partial charge >= 0.3 is 6.03 Å². The van der Waals surface area contributed by atoms with Crippen molar-refractivity contribution in [3.8, 4) is 0 Å². The Kier molecular flexibility index (Phi) is 7.89. The molecule has 7 heteroatoms. The molecule has 0 aromatic carbocycles. The number of anilines is 1. The van der Waals surface area contributed by atoms with Crippen molar-refractivity contribution in [2.24, 2.45) is 5.92 Å². The summed E-state index contributed by atoms with van der Waals surface area (Å²) in [5.41, 5.74) is 0. The minimum atomic E-state index is -0.0325. The molecule has 1 unspecified atom stereocenters. The van der Waals surface area contributed by atoms with E-state index in [1.165, 1.54) is 25.7 Å². The number of nitrogens with one attached hydrogen (secondary N) is 2. The second-order valence-electron chi connectivity index (χ2n) is 8.43. The first kappa shape index (κ1) is 20.8. The van der Waals surface area contributed by atoms with Crippen LogP contribution in [0.5, 0.6) is 0 Å².